The van der Waals surface area contributed by atoms with Crippen LogP contribution in [0.15, 0.2) is 12.7 Å². The maximum atomic E-state index is 6.33. The van der Waals surface area contributed by atoms with Gasteiger partial charge in [0.1, 0.15) is 18.3 Å². The van der Waals surface area contributed by atoms with Crippen LogP contribution >= 0.6 is 0 Å². The van der Waals surface area contributed by atoms with Crippen LogP contribution in [0.1, 0.15) is 20.8 Å². The Morgan fingerprint density at radius 3 is 2.28 bits per heavy atom. The number of hydrogen-bond acceptors (Lipinski definition) is 3. The molecule has 0 saturated heterocycles. The standard InChI is InChI=1S/C13H23N3OSi/c1-8-13(12(2,3)4,17-18(5,6)7)9-16-11-14-10-15-16/h1,10-11H,9H2,2-7H3. The Kier molecular flexibility index (Phi) is 4.04. The molecule has 1 atom stereocenters. The van der Waals surface area contributed by atoms with Gasteiger partial charge in [0.15, 0.2) is 8.32 Å². The highest BCUT2D eigenvalue weighted by molar-refractivity contribution is 6.69. The third-order valence-corrected chi connectivity index (χ3v) is 3.74. The Bertz CT molecular complexity index is 423. The van der Waals surface area contributed by atoms with Crippen LogP contribution in [-0.2, 0) is 11.0 Å². The van der Waals surface area contributed by atoms with Crippen LogP contribution in [0, 0.1) is 17.8 Å². The zero-order valence-corrected chi connectivity index (χ0v) is 13.2. The van der Waals surface area contributed by atoms with Gasteiger partial charge in [-0.1, -0.05) is 26.7 Å². The van der Waals surface area contributed by atoms with Gasteiger partial charge < -0.3 is 4.43 Å². The Labute approximate surface area is 111 Å². The first-order valence-corrected chi connectivity index (χ1v) is 9.51. The van der Waals surface area contributed by atoms with Gasteiger partial charge in [0, 0.05) is 5.41 Å². The molecule has 0 spiro atoms. The number of rotatable bonds is 4. The van der Waals surface area contributed by atoms with Crippen molar-refractivity contribution in [2.75, 3.05) is 0 Å². The molecule has 0 N–H and O–H groups in total. The van der Waals surface area contributed by atoms with Crippen molar-refractivity contribution >= 4 is 8.32 Å². The van der Waals surface area contributed by atoms with E-state index in [2.05, 4.69) is 56.4 Å². The Hall–Kier alpha value is -1.12. The summed E-state index contributed by atoms with van der Waals surface area (Å²) in [6.07, 6.45) is 8.99. The summed E-state index contributed by atoms with van der Waals surface area (Å²) in [5, 5.41) is 4.14. The summed E-state index contributed by atoms with van der Waals surface area (Å²) < 4.78 is 8.07. The predicted molar refractivity (Wildman–Crippen MR) is 75.5 cm³/mol. The number of hydrogen-bond donors (Lipinski definition) is 0. The largest absolute Gasteiger partial charge is 0.400 e. The van der Waals surface area contributed by atoms with Crippen molar-refractivity contribution in [3.8, 4) is 12.3 Å². The van der Waals surface area contributed by atoms with Crippen LogP contribution in [0.5, 0.6) is 0 Å². The van der Waals surface area contributed by atoms with E-state index >= 15 is 0 Å². The smallest absolute Gasteiger partial charge is 0.185 e. The molecule has 0 aliphatic rings. The van der Waals surface area contributed by atoms with E-state index in [4.69, 9.17) is 10.8 Å². The van der Waals surface area contributed by atoms with Crippen molar-refractivity contribution in [3.05, 3.63) is 12.7 Å². The normalized spacial score (nSPS) is 16.1. The molecule has 0 fully saturated rings. The van der Waals surface area contributed by atoms with Crippen molar-refractivity contribution in [3.63, 3.8) is 0 Å². The van der Waals surface area contributed by atoms with Gasteiger partial charge in [-0.2, -0.15) is 5.10 Å². The van der Waals surface area contributed by atoms with Crippen molar-refractivity contribution in [2.24, 2.45) is 5.41 Å². The highest BCUT2D eigenvalue weighted by Crippen LogP contribution is 2.37. The summed E-state index contributed by atoms with van der Waals surface area (Å²) in [5.41, 5.74) is -0.834. The van der Waals surface area contributed by atoms with Crippen molar-refractivity contribution < 1.29 is 4.43 Å². The van der Waals surface area contributed by atoms with Gasteiger partial charge in [-0.05, 0) is 19.6 Å². The molecule has 1 aromatic rings. The van der Waals surface area contributed by atoms with Gasteiger partial charge in [-0.25, -0.2) is 9.67 Å². The molecule has 100 valence electrons. The minimum absolute atomic E-state index is 0.173. The lowest BCUT2D eigenvalue weighted by Crippen LogP contribution is -2.53. The molecular formula is C13H23N3OSi. The van der Waals surface area contributed by atoms with E-state index < -0.39 is 13.9 Å². The van der Waals surface area contributed by atoms with Gasteiger partial charge >= 0.3 is 0 Å². The molecule has 4 nitrogen and oxygen atoms in total. The maximum absolute atomic E-state index is 6.33. The highest BCUT2D eigenvalue weighted by atomic mass is 28.4. The topological polar surface area (TPSA) is 39.9 Å². The van der Waals surface area contributed by atoms with E-state index in [1.54, 1.807) is 11.0 Å². The van der Waals surface area contributed by atoms with E-state index in [9.17, 15) is 0 Å². The quantitative estimate of drug-likeness (QED) is 0.620. The van der Waals surface area contributed by atoms with Crippen LogP contribution in [0.4, 0.5) is 0 Å². The minimum Gasteiger partial charge on any atom is -0.400 e. The zero-order valence-electron chi connectivity index (χ0n) is 12.2. The van der Waals surface area contributed by atoms with Crippen LogP contribution in [0.3, 0.4) is 0 Å². The molecule has 0 aromatic carbocycles. The second-order valence-electron chi connectivity index (χ2n) is 6.53. The SMILES string of the molecule is C#CC(Cn1cncn1)(O[Si](C)(C)C)C(C)(C)C. The predicted octanol–water partition coefficient (Wildman–Crippen LogP) is 2.55. The van der Waals surface area contributed by atoms with Gasteiger partial charge in [-0.3, -0.25) is 0 Å². The third kappa shape index (κ3) is 3.44. The zero-order chi connectivity index (χ0) is 14.0. The minimum atomic E-state index is -1.76. The van der Waals surface area contributed by atoms with Gasteiger partial charge in [0.05, 0.1) is 6.54 Å². The second kappa shape index (κ2) is 4.86. The molecule has 0 radical (unpaired) electrons. The van der Waals surface area contributed by atoms with E-state index in [0.29, 0.717) is 6.54 Å². The molecule has 1 aromatic heterocycles. The van der Waals surface area contributed by atoms with Crippen LogP contribution in [-0.4, -0.2) is 28.7 Å². The summed E-state index contributed by atoms with van der Waals surface area (Å²) in [6, 6.07) is 0. The Morgan fingerprint density at radius 1 is 1.33 bits per heavy atom. The van der Waals surface area contributed by atoms with Gasteiger partial charge in [0.2, 0.25) is 0 Å². The first-order chi connectivity index (χ1) is 8.10. The Balaban J connectivity index is 3.12. The van der Waals surface area contributed by atoms with Crippen molar-refractivity contribution in [1.29, 1.82) is 0 Å². The fraction of sp³-hybridized carbons (Fsp3) is 0.692. The molecule has 1 unspecified atom stereocenters. The molecule has 18 heavy (non-hydrogen) atoms. The second-order valence-corrected chi connectivity index (χ2v) is 11.0. The lowest BCUT2D eigenvalue weighted by molar-refractivity contribution is -0.00456. The fourth-order valence-electron chi connectivity index (χ4n) is 1.78. The fourth-order valence-corrected chi connectivity index (χ4v) is 3.25. The summed E-state index contributed by atoms with van der Waals surface area (Å²) in [7, 11) is -1.76. The molecule has 0 bridgehead atoms. The molecule has 0 aliphatic heterocycles. The molecule has 1 rings (SSSR count). The highest BCUT2D eigenvalue weighted by Gasteiger charge is 2.45. The third-order valence-electron chi connectivity index (χ3n) is 2.78. The van der Waals surface area contributed by atoms with Gasteiger partial charge in [0.25, 0.3) is 0 Å². The first kappa shape index (κ1) is 14.9. The Morgan fingerprint density at radius 2 is 1.94 bits per heavy atom. The van der Waals surface area contributed by atoms with Crippen LogP contribution in [0.2, 0.25) is 19.6 Å². The lowest BCUT2D eigenvalue weighted by atomic mass is 9.77. The number of aromatic nitrogens is 3. The summed E-state index contributed by atoms with van der Waals surface area (Å²) in [4.78, 5) is 3.96. The molecular weight excluding hydrogens is 242 g/mol. The molecule has 0 saturated carbocycles. The van der Waals surface area contributed by atoms with Crippen molar-refractivity contribution in [1.82, 2.24) is 14.8 Å². The molecule has 5 heteroatoms. The summed E-state index contributed by atoms with van der Waals surface area (Å²) in [6.45, 7) is 13.3. The average Bonchev–Trinajstić information content (AvgIpc) is 2.65. The molecule has 0 aliphatic carbocycles. The lowest BCUT2D eigenvalue weighted by Gasteiger charge is -2.44. The molecule has 0 amide bonds. The number of terminal acetylenes is 1. The summed E-state index contributed by atoms with van der Waals surface area (Å²) in [5.74, 6) is 2.87. The monoisotopic (exact) mass is 265 g/mol. The van der Waals surface area contributed by atoms with Crippen LogP contribution in [0.25, 0.3) is 0 Å². The average molecular weight is 265 g/mol. The van der Waals surface area contributed by atoms with E-state index in [0.717, 1.165) is 0 Å². The van der Waals surface area contributed by atoms with E-state index in [1.165, 1.54) is 6.33 Å². The van der Waals surface area contributed by atoms with E-state index in [1.807, 2.05) is 0 Å². The van der Waals surface area contributed by atoms with E-state index in [-0.39, 0.29) is 5.41 Å². The van der Waals surface area contributed by atoms with Crippen LogP contribution < -0.4 is 0 Å². The van der Waals surface area contributed by atoms with Gasteiger partial charge in [-0.15, -0.1) is 6.42 Å². The number of nitrogens with zero attached hydrogens (tertiary/aromatic N) is 3. The van der Waals surface area contributed by atoms with Crippen molar-refractivity contribution in [2.45, 2.75) is 52.6 Å². The maximum Gasteiger partial charge on any atom is 0.185 e. The summed E-state index contributed by atoms with van der Waals surface area (Å²) >= 11 is 0. The molecule has 1 heterocycles. The first-order valence-electron chi connectivity index (χ1n) is 6.10.